The molecule has 0 bridgehead atoms. The number of amides is 1. The Morgan fingerprint density at radius 3 is 2.59 bits per heavy atom. The number of hydrogen-bond donors (Lipinski definition) is 1. The van der Waals surface area contributed by atoms with Crippen molar-refractivity contribution in [1.29, 1.82) is 0 Å². The smallest absolute Gasteiger partial charge is 0.250 e. The number of carbonyl (C=O) groups excluding carboxylic acids is 1. The van der Waals surface area contributed by atoms with E-state index in [1.54, 1.807) is 18.2 Å². The molecule has 2 N–H and O–H groups in total. The second kappa shape index (κ2) is 7.22. The van der Waals surface area contributed by atoms with E-state index in [-0.39, 0.29) is 5.82 Å². The minimum absolute atomic E-state index is 0.287. The molecule has 0 aliphatic rings. The molecule has 1 heterocycles. The highest BCUT2D eigenvalue weighted by Gasteiger charge is 2.16. The fourth-order valence-corrected chi connectivity index (χ4v) is 2.51. The summed E-state index contributed by atoms with van der Waals surface area (Å²) in [5.41, 5.74) is 8.48. The van der Waals surface area contributed by atoms with Gasteiger partial charge in [0.25, 0.3) is 5.91 Å². The summed E-state index contributed by atoms with van der Waals surface area (Å²) in [6, 6.07) is 7.99. The number of primary amides is 1. The molecule has 0 radical (unpaired) electrons. The maximum atomic E-state index is 13.1. The van der Waals surface area contributed by atoms with Crippen molar-refractivity contribution in [2.45, 2.75) is 26.8 Å². The normalized spacial score (nSPS) is 10.9. The fraction of sp³-hybridized carbons (Fsp3) is 0.353. The Labute approximate surface area is 129 Å². The van der Waals surface area contributed by atoms with Crippen molar-refractivity contribution in [2.24, 2.45) is 5.73 Å². The van der Waals surface area contributed by atoms with Gasteiger partial charge < -0.3 is 15.0 Å². The van der Waals surface area contributed by atoms with Gasteiger partial charge in [-0.3, -0.25) is 4.79 Å². The first-order valence-corrected chi connectivity index (χ1v) is 7.38. The molecule has 1 aromatic carbocycles. The number of ether oxygens (including phenoxy) is 1. The molecule has 4 nitrogen and oxygen atoms in total. The van der Waals surface area contributed by atoms with Gasteiger partial charge in [0.1, 0.15) is 5.82 Å². The summed E-state index contributed by atoms with van der Waals surface area (Å²) in [6.45, 7) is 5.88. The van der Waals surface area contributed by atoms with E-state index >= 15 is 0 Å². The summed E-state index contributed by atoms with van der Waals surface area (Å²) in [5.74, 6) is -0.741. The number of halogens is 1. The van der Waals surface area contributed by atoms with Crippen LogP contribution in [0.3, 0.4) is 0 Å². The maximum Gasteiger partial charge on any atom is 0.250 e. The SMILES string of the molecule is CCOCCCn1c(-c2ccc(F)cc2)cc(C(N)=O)c1C. The molecular formula is C17H21FN2O2. The van der Waals surface area contributed by atoms with Crippen LogP contribution in [0.4, 0.5) is 4.39 Å². The molecule has 0 fully saturated rings. The van der Waals surface area contributed by atoms with Crippen LogP contribution >= 0.6 is 0 Å². The van der Waals surface area contributed by atoms with Gasteiger partial charge in [0, 0.05) is 31.1 Å². The maximum absolute atomic E-state index is 13.1. The zero-order valence-electron chi connectivity index (χ0n) is 12.9. The predicted molar refractivity (Wildman–Crippen MR) is 84.2 cm³/mol. The second-order valence-electron chi connectivity index (χ2n) is 5.10. The lowest BCUT2D eigenvalue weighted by Crippen LogP contribution is -2.13. The van der Waals surface area contributed by atoms with Crippen LogP contribution in [-0.4, -0.2) is 23.7 Å². The van der Waals surface area contributed by atoms with E-state index in [4.69, 9.17) is 10.5 Å². The van der Waals surface area contributed by atoms with Crippen LogP contribution < -0.4 is 5.73 Å². The first-order chi connectivity index (χ1) is 10.5. The molecule has 2 aromatic rings. The van der Waals surface area contributed by atoms with Gasteiger partial charge in [-0.1, -0.05) is 0 Å². The minimum atomic E-state index is -0.454. The standard InChI is InChI=1S/C17H21FN2O2/c1-3-22-10-4-9-20-12(2)15(17(19)21)11-16(20)13-5-7-14(18)8-6-13/h5-8,11H,3-4,9-10H2,1-2H3,(H2,19,21). The van der Waals surface area contributed by atoms with E-state index in [1.165, 1.54) is 12.1 Å². The first kappa shape index (κ1) is 16.2. The van der Waals surface area contributed by atoms with E-state index in [2.05, 4.69) is 0 Å². The molecule has 0 aliphatic carbocycles. The molecule has 2 rings (SSSR count). The monoisotopic (exact) mass is 304 g/mol. The van der Waals surface area contributed by atoms with Gasteiger partial charge >= 0.3 is 0 Å². The quantitative estimate of drug-likeness (QED) is 0.799. The Kier molecular flexibility index (Phi) is 5.33. The Bertz CT molecular complexity index is 647. The third-order valence-electron chi connectivity index (χ3n) is 3.65. The Hall–Kier alpha value is -2.14. The molecule has 22 heavy (non-hydrogen) atoms. The van der Waals surface area contributed by atoms with E-state index in [1.807, 2.05) is 18.4 Å². The van der Waals surface area contributed by atoms with Crippen molar-refractivity contribution in [3.05, 3.63) is 47.4 Å². The highest BCUT2D eigenvalue weighted by Crippen LogP contribution is 2.26. The summed E-state index contributed by atoms with van der Waals surface area (Å²) in [4.78, 5) is 11.6. The Morgan fingerprint density at radius 2 is 2.00 bits per heavy atom. The number of nitrogens with two attached hydrogens (primary N) is 1. The lowest BCUT2D eigenvalue weighted by Gasteiger charge is -2.12. The van der Waals surface area contributed by atoms with Gasteiger partial charge in [0.2, 0.25) is 0 Å². The van der Waals surface area contributed by atoms with Gasteiger partial charge in [-0.25, -0.2) is 4.39 Å². The van der Waals surface area contributed by atoms with Gasteiger partial charge in [-0.2, -0.15) is 0 Å². The van der Waals surface area contributed by atoms with Crippen LogP contribution in [0, 0.1) is 12.7 Å². The molecule has 0 atom stereocenters. The van der Waals surface area contributed by atoms with Crippen molar-refractivity contribution in [3.63, 3.8) is 0 Å². The topological polar surface area (TPSA) is 57.2 Å². The molecule has 0 aliphatic heterocycles. The highest BCUT2D eigenvalue weighted by molar-refractivity contribution is 5.95. The third-order valence-corrected chi connectivity index (χ3v) is 3.65. The highest BCUT2D eigenvalue weighted by atomic mass is 19.1. The summed E-state index contributed by atoms with van der Waals surface area (Å²) in [5, 5.41) is 0. The first-order valence-electron chi connectivity index (χ1n) is 7.38. The fourth-order valence-electron chi connectivity index (χ4n) is 2.51. The molecule has 1 aromatic heterocycles. The average molecular weight is 304 g/mol. The second-order valence-corrected chi connectivity index (χ2v) is 5.10. The summed E-state index contributed by atoms with van der Waals surface area (Å²) >= 11 is 0. The van der Waals surface area contributed by atoms with Crippen LogP contribution in [0.5, 0.6) is 0 Å². The van der Waals surface area contributed by atoms with Crippen molar-refractivity contribution < 1.29 is 13.9 Å². The zero-order chi connectivity index (χ0) is 16.1. The van der Waals surface area contributed by atoms with Gasteiger partial charge in [-0.15, -0.1) is 0 Å². The molecule has 118 valence electrons. The molecule has 1 amide bonds. The van der Waals surface area contributed by atoms with Crippen LogP contribution in [0.1, 0.15) is 29.4 Å². The molecule has 0 spiro atoms. The van der Waals surface area contributed by atoms with Crippen molar-refractivity contribution in [2.75, 3.05) is 13.2 Å². The number of carbonyl (C=O) groups is 1. The molecule has 0 saturated carbocycles. The average Bonchev–Trinajstić information content (AvgIpc) is 2.82. The largest absolute Gasteiger partial charge is 0.382 e. The Balaban J connectivity index is 2.35. The van der Waals surface area contributed by atoms with Crippen molar-refractivity contribution in [1.82, 2.24) is 4.57 Å². The van der Waals surface area contributed by atoms with Crippen LogP contribution in [-0.2, 0) is 11.3 Å². The number of hydrogen-bond acceptors (Lipinski definition) is 2. The Morgan fingerprint density at radius 1 is 1.32 bits per heavy atom. The van der Waals surface area contributed by atoms with Crippen LogP contribution in [0.2, 0.25) is 0 Å². The minimum Gasteiger partial charge on any atom is -0.382 e. The lowest BCUT2D eigenvalue weighted by atomic mass is 10.1. The molecule has 0 unspecified atom stereocenters. The van der Waals surface area contributed by atoms with E-state index in [0.29, 0.717) is 25.3 Å². The van der Waals surface area contributed by atoms with E-state index in [0.717, 1.165) is 23.4 Å². The van der Waals surface area contributed by atoms with E-state index < -0.39 is 5.91 Å². The molecule has 0 saturated heterocycles. The summed E-state index contributed by atoms with van der Waals surface area (Å²) < 4.78 is 20.5. The van der Waals surface area contributed by atoms with Crippen LogP contribution in [0.15, 0.2) is 30.3 Å². The number of aromatic nitrogens is 1. The number of benzene rings is 1. The summed E-state index contributed by atoms with van der Waals surface area (Å²) in [7, 11) is 0. The van der Waals surface area contributed by atoms with Crippen LogP contribution in [0.25, 0.3) is 11.3 Å². The number of nitrogens with zero attached hydrogens (tertiary/aromatic N) is 1. The van der Waals surface area contributed by atoms with E-state index in [9.17, 15) is 9.18 Å². The lowest BCUT2D eigenvalue weighted by molar-refractivity contribution is 0.0999. The van der Waals surface area contributed by atoms with Gasteiger partial charge in [-0.05, 0) is 56.2 Å². The van der Waals surface area contributed by atoms with Crippen molar-refractivity contribution in [3.8, 4) is 11.3 Å². The summed E-state index contributed by atoms with van der Waals surface area (Å²) in [6.07, 6.45) is 0.829. The number of rotatable bonds is 7. The molecule has 5 heteroatoms. The third kappa shape index (κ3) is 3.54. The predicted octanol–water partition coefficient (Wildman–Crippen LogP) is 3.13. The molecular weight excluding hydrogens is 283 g/mol. The van der Waals surface area contributed by atoms with Gasteiger partial charge in [0.05, 0.1) is 5.56 Å². The van der Waals surface area contributed by atoms with Gasteiger partial charge in [0.15, 0.2) is 0 Å². The zero-order valence-corrected chi connectivity index (χ0v) is 12.9. The van der Waals surface area contributed by atoms with Crippen molar-refractivity contribution >= 4 is 5.91 Å².